The van der Waals surface area contributed by atoms with Crippen molar-refractivity contribution in [2.45, 2.75) is 95.7 Å². The molecule has 1 aliphatic carbocycles. The molecule has 1 saturated heterocycles. The predicted octanol–water partition coefficient (Wildman–Crippen LogP) is 3.99. The van der Waals surface area contributed by atoms with E-state index >= 15 is 0 Å². The molecule has 0 unspecified atom stereocenters. The Kier molecular flexibility index (Phi) is 18.8. The lowest BCUT2D eigenvalue weighted by molar-refractivity contribution is -0.497. The number of hydrogen-bond donors (Lipinski definition) is 5. The van der Waals surface area contributed by atoms with Gasteiger partial charge in [0.05, 0.1) is 37.4 Å². The second kappa shape index (κ2) is 23.7. The van der Waals surface area contributed by atoms with Crippen LogP contribution in [-0.4, -0.2) is 119 Å². The van der Waals surface area contributed by atoms with Gasteiger partial charge < -0.3 is 39.8 Å². The minimum Gasteiger partial charge on any atom is -0.460 e. The van der Waals surface area contributed by atoms with Crippen molar-refractivity contribution in [2.75, 3.05) is 38.3 Å². The fourth-order valence-electron chi connectivity index (χ4n) is 6.66. The van der Waals surface area contributed by atoms with Gasteiger partial charge in [-0.2, -0.15) is 11.8 Å². The quantitative estimate of drug-likeness (QED) is 0.0771. The number of amides is 4. The molecule has 1 aliphatic heterocycles. The van der Waals surface area contributed by atoms with E-state index in [4.69, 9.17) is 29.4 Å². The topological polar surface area (TPSA) is 215 Å². The third-order valence-corrected chi connectivity index (χ3v) is 10.1. The summed E-state index contributed by atoms with van der Waals surface area (Å²) in [5.41, 5.74) is 1.22. The number of thioether (sulfide) groups is 1. The van der Waals surface area contributed by atoms with E-state index in [0.717, 1.165) is 37.7 Å². The standard InChI is InChI=1S/C39H55N5O12S/c1-26(2)54-37(47)34(56-39(49)55-30-16-10-15-29(21-30)24-53-44(50)51)31(22-27-11-6-4-7-12-27)40-36(46)33(25-57-3)41-35(45)32(23-28-13-8-5-9-14-28)42-38(48)43-17-19-52-20-18-43/h5,8-10,13-16,21,26-27,31-34,50-51H,4,6-7,11-12,17-20,22-25H2,1-3H3,(H,40,46)(H,41,45)(H,42,48)/t31-,32-,33-,34-/m0/s1. The maximum absolute atomic E-state index is 14.2. The van der Waals surface area contributed by atoms with Gasteiger partial charge in [0.25, 0.3) is 0 Å². The van der Waals surface area contributed by atoms with Gasteiger partial charge in [-0.1, -0.05) is 74.6 Å². The summed E-state index contributed by atoms with van der Waals surface area (Å²) in [7, 11) is 0. The smallest absolute Gasteiger partial charge is 0.460 e. The molecule has 2 aliphatic rings. The molecule has 0 spiro atoms. The molecule has 1 saturated carbocycles. The van der Waals surface area contributed by atoms with Crippen LogP contribution in [0.25, 0.3) is 0 Å². The lowest BCUT2D eigenvalue weighted by Crippen LogP contribution is -2.60. The number of ether oxygens (including phenoxy) is 4. The molecule has 2 aromatic carbocycles. The first-order valence-corrected chi connectivity index (χ1v) is 20.6. The van der Waals surface area contributed by atoms with E-state index in [1.54, 1.807) is 31.1 Å². The molecule has 17 nitrogen and oxygen atoms in total. The minimum absolute atomic E-state index is 0.0147. The lowest BCUT2D eigenvalue weighted by atomic mass is 9.83. The number of morpholine rings is 1. The Morgan fingerprint density at radius 2 is 1.56 bits per heavy atom. The molecule has 314 valence electrons. The van der Waals surface area contributed by atoms with E-state index < -0.39 is 65.7 Å². The van der Waals surface area contributed by atoms with Crippen LogP contribution in [0.1, 0.15) is 63.5 Å². The second-order valence-electron chi connectivity index (χ2n) is 14.2. The third kappa shape index (κ3) is 15.8. The maximum atomic E-state index is 14.2. The van der Waals surface area contributed by atoms with Crippen LogP contribution >= 0.6 is 11.8 Å². The largest absolute Gasteiger partial charge is 0.514 e. The Hall–Kier alpha value is -4.46. The third-order valence-electron chi connectivity index (χ3n) is 9.42. The van der Waals surface area contributed by atoms with Crippen LogP contribution < -0.4 is 20.7 Å². The zero-order chi connectivity index (χ0) is 41.2. The maximum Gasteiger partial charge on any atom is 0.514 e. The first-order valence-electron chi connectivity index (χ1n) is 19.2. The SMILES string of the molecule is CSC[C@H](NC(=O)[C@H](Cc1ccccc1)NC(=O)N1CCOCC1)C(=O)N[C@@H](CC1CCCCC1)[C@H](OC(=O)Oc1cccc(CON(O)O)c1)C(=O)OC(C)C. The molecule has 4 rings (SSSR count). The first kappa shape index (κ1) is 45.2. The number of carbonyl (C=O) groups is 5. The normalized spacial score (nSPS) is 16.9. The highest BCUT2D eigenvalue weighted by Gasteiger charge is 2.39. The summed E-state index contributed by atoms with van der Waals surface area (Å²) in [6, 6.07) is 11.6. The average Bonchev–Trinajstić information content (AvgIpc) is 3.19. The predicted molar refractivity (Wildman–Crippen MR) is 207 cm³/mol. The molecule has 18 heteroatoms. The van der Waals surface area contributed by atoms with Gasteiger partial charge in [0.2, 0.25) is 17.9 Å². The molecular weight excluding hydrogens is 763 g/mol. The van der Waals surface area contributed by atoms with Crippen LogP contribution in [0.15, 0.2) is 54.6 Å². The van der Waals surface area contributed by atoms with Gasteiger partial charge >= 0.3 is 18.2 Å². The fourth-order valence-corrected chi connectivity index (χ4v) is 7.23. The van der Waals surface area contributed by atoms with Crippen LogP contribution in [0, 0.1) is 5.92 Å². The highest BCUT2D eigenvalue weighted by molar-refractivity contribution is 7.98. The summed E-state index contributed by atoms with van der Waals surface area (Å²) >= 11 is 1.31. The zero-order valence-corrected chi connectivity index (χ0v) is 33.4. The molecule has 57 heavy (non-hydrogen) atoms. The molecule has 0 aromatic heterocycles. The summed E-state index contributed by atoms with van der Waals surface area (Å²) in [4.78, 5) is 74.6. The van der Waals surface area contributed by atoms with Crippen molar-refractivity contribution in [1.82, 2.24) is 26.2 Å². The monoisotopic (exact) mass is 817 g/mol. The number of urea groups is 1. The number of rotatable bonds is 19. The van der Waals surface area contributed by atoms with Crippen molar-refractivity contribution < 1.29 is 58.2 Å². The number of hydrogen-bond acceptors (Lipinski definition) is 14. The molecule has 1 heterocycles. The Morgan fingerprint density at radius 1 is 0.877 bits per heavy atom. The van der Waals surface area contributed by atoms with Gasteiger partial charge in [0, 0.05) is 25.3 Å². The molecule has 4 amide bonds. The number of nitrogens with one attached hydrogen (secondary N) is 3. The van der Waals surface area contributed by atoms with Gasteiger partial charge in [0.1, 0.15) is 17.8 Å². The van der Waals surface area contributed by atoms with E-state index in [9.17, 15) is 24.0 Å². The van der Waals surface area contributed by atoms with Crippen molar-refractivity contribution in [3.63, 3.8) is 0 Å². The zero-order valence-electron chi connectivity index (χ0n) is 32.6. The number of esters is 1. The van der Waals surface area contributed by atoms with Crippen LogP contribution in [0.3, 0.4) is 0 Å². The van der Waals surface area contributed by atoms with E-state index in [1.807, 2.05) is 30.3 Å². The van der Waals surface area contributed by atoms with Gasteiger partial charge in [-0.3, -0.25) is 20.0 Å². The van der Waals surface area contributed by atoms with E-state index in [2.05, 4.69) is 20.8 Å². The Bertz CT molecular complexity index is 1590. The van der Waals surface area contributed by atoms with Crippen LogP contribution in [0.2, 0.25) is 0 Å². The summed E-state index contributed by atoms with van der Waals surface area (Å²) < 4.78 is 22.0. The van der Waals surface area contributed by atoms with Crippen molar-refractivity contribution >= 4 is 41.7 Å². The van der Waals surface area contributed by atoms with Crippen LogP contribution in [0.5, 0.6) is 5.75 Å². The second-order valence-corrected chi connectivity index (χ2v) is 15.1. The van der Waals surface area contributed by atoms with Gasteiger partial charge in [-0.05, 0) is 55.7 Å². The fraction of sp³-hybridized carbons (Fsp3) is 0.564. The van der Waals surface area contributed by atoms with Crippen molar-refractivity contribution in [2.24, 2.45) is 5.92 Å². The molecular formula is C39H55N5O12S. The molecule has 0 bridgehead atoms. The Labute approximate surface area is 336 Å². The minimum atomic E-state index is -1.63. The van der Waals surface area contributed by atoms with Crippen molar-refractivity contribution in [3.8, 4) is 5.75 Å². The summed E-state index contributed by atoms with van der Waals surface area (Å²) in [6.45, 7) is 4.53. The van der Waals surface area contributed by atoms with Gasteiger partial charge in [-0.25, -0.2) is 19.2 Å². The Balaban J connectivity index is 1.56. The average molecular weight is 818 g/mol. The van der Waals surface area contributed by atoms with Crippen LogP contribution in [0.4, 0.5) is 9.59 Å². The summed E-state index contributed by atoms with van der Waals surface area (Å²) in [5.74, 6) is -1.84. The van der Waals surface area contributed by atoms with Crippen molar-refractivity contribution in [1.29, 1.82) is 0 Å². The highest BCUT2D eigenvalue weighted by Crippen LogP contribution is 2.29. The van der Waals surface area contributed by atoms with E-state index in [-0.39, 0.29) is 36.9 Å². The number of carbonyl (C=O) groups excluding carboxylic acids is 5. The van der Waals surface area contributed by atoms with Gasteiger partial charge in [0.15, 0.2) is 0 Å². The highest BCUT2D eigenvalue weighted by atomic mass is 32.2. The molecule has 2 fully saturated rings. The Morgan fingerprint density at radius 3 is 2.23 bits per heavy atom. The lowest BCUT2D eigenvalue weighted by Gasteiger charge is -2.32. The van der Waals surface area contributed by atoms with Crippen LogP contribution in [-0.2, 0) is 46.5 Å². The summed E-state index contributed by atoms with van der Waals surface area (Å²) in [6.07, 6.45) is 3.41. The number of nitrogens with zero attached hydrogens (tertiary/aromatic N) is 2. The van der Waals surface area contributed by atoms with E-state index in [0.29, 0.717) is 31.9 Å². The van der Waals surface area contributed by atoms with E-state index in [1.165, 1.54) is 30.0 Å². The molecule has 4 atom stereocenters. The number of benzene rings is 2. The molecule has 5 N–H and O–H groups in total. The first-order chi connectivity index (χ1) is 27.4. The molecule has 0 radical (unpaired) electrons. The molecule has 2 aromatic rings. The van der Waals surface area contributed by atoms with Crippen molar-refractivity contribution in [3.05, 3.63) is 65.7 Å². The van der Waals surface area contributed by atoms with Gasteiger partial charge in [-0.15, -0.1) is 0 Å². The summed E-state index contributed by atoms with van der Waals surface area (Å²) in [5, 5.41) is 25.9.